The molecule has 0 spiro atoms. The van der Waals surface area contributed by atoms with Gasteiger partial charge in [0.05, 0.1) is 6.54 Å². The summed E-state index contributed by atoms with van der Waals surface area (Å²) in [5, 5.41) is 8.63. The maximum absolute atomic E-state index is 10.5. The molecule has 0 aromatic heterocycles. The Morgan fingerprint density at radius 3 is 2.54 bits per heavy atom. The van der Waals surface area contributed by atoms with Gasteiger partial charge in [-0.25, -0.2) is 0 Å². The van der Waals surface area contributed by atoms with Gasteiger partial charge in [-0.3, -0.25) is 9.69 Å². The van der Waals surface area contributed by atoms with E-state index >= 15 is 0 Å². The van der Waals surface area contributed by atoms with Crippen LogP contribution in [0, 0.1) is 5.92 Å². The fourth-order valence-corrected chi connectivity index (χ4v) is 2.04. The van der Waals surface area contributed by atoms with Crippen molar-refractivity contribution in [3.8, 4) is 0 Å². The maximum Gasteiger partial charge on any atom is 0.317 e. The lowest BCUT2D eigenvalue weighted by atomic mass is 10.1. The molecule has 0 aromatic rings. The highest BCUT2D eigenvalue weighted by molar-refractivity contribution is 5.69. The smallest absolute Gasteiger partial charge is 0.317 e. The first kappa shape index (κ1) is 10.5. The number of carboxylic acid groups (broad SMARTS) is 1. The van der Waals surface area contributed by atoms with E-state index in [1.165, 1.54) is 0 Å². The first-order valence-electron chi connectivity index (χ1n) is 4.61. The fourth-order valence-electron chi connectivity index (χ4n) is 2.04. The number of carbonyl (C=O) groups is 1. The average molecular weight is 186 g/mol. The third-order valence-electron chi connectivity index (χ3n) is 2.67. The number of likely N-dealkylation sites (N-methyl/N-ethyl adjacent to an activating group) is 1. The number of aliphatic carboxylic acids is 1. The topological polar surface area (TPSA) is 43.8 Å². The van der Waals surface area contributed by atoms with Crippen molar-refractivity contribution in [2.45, 2.75) is 13.0 Å². The van der Waals surface area contributed by atoms with E-state index in [2.05, 4.69) is 11.8 Å². The van der Waals surface area contributed by atoms with Crippen molar-refractivity contribution >= 4 is 5.97 Å². The van der Waals surface area contributed by atoms with E-state index in [1.807, 2.05) is 19.0 Å². The summed E-state index contributed by atoms with van der Waals surface area (Å²) in [6.45, 7) is 4.12. The molecule has 0 amide bonds. The van der Waals surface area contributed by atoms with Crippen molar-refractivity contribution in [3.63, 3.8) is 0 Å². The predicted molar refractivity (Wildman–Crippen MR) is 50.7 cm³/mol. The molecule has 1 aliphatic heterocycles. The molecule has 0 bridgehead atoms. The summed E-state index contributed by atoms with van der Waals surface area (Å²) < 4.78 is 0. The molecule has 1 heterocycles. The second-order valence-corrected chi connectivity index (χ2v) is 4.10. The predicted octanol–water partition coefficient (Wildman–Crippen LogP) is -0.0471. The zero-order valence-electron chi connectivity index (χ0n) is 8.53. The molecule has 0 radical (unpaired) electrons. The third kappa shape index (κ3) is 2.67. The van der Waals surface area contributed by atoms with E-state index in [9.17, 15) is 4.79 Å². The van der Waals surface area contributed by atoms with Gasteiger partial charge < -0.3 is 10.0 Å². The Morgan fingerprint density at radius 2 is 2.15 bits per heavy atom. The molecule has 76 valence electrons. The molecule has 0 saturated carbocycles. The Hall–Kier alpha value is -0.610. The fraction of sp³-hybridized carbons (Fsp3) is 0.889. The van der Waals surface area contributed by atoms with Crippen molar-refractivity contribution in [1.82, 2.24) is 9.80 Å². The van der Waals surface area contributed by atoms with Crippen LogP contribution in [-0.4, -0.2) is 60.6 Å². The van der Waals surface area contributed by atoms with Crippen molar-refractivity contribution in [2.75, 3.05) is 33.7 Å². The number of rotatable bonds is 3. The Kier molecular flexibility index (Phi) is 3.27. The van der Waals surface area contributed by atoms with Crippen LogP contribution in [0.15, 0.2) is 0 Å². The summed E-state index contributed by atoms with van der Waals surface area (Å²) in [5.74, 6) is -0.166. The van der Waals surface area contributed by atoms with Crippen LogP contribution in [0.3, 0.4) is 0 Å². The molecule has 1 saturated heterocycles. The number of carboxylic acids is 1. The Bertz CT molecular complexity index is 194. The monoisotopic (exact) mass is 186 g/mol. The van der Waals surface area contributed by atoms with Gasteiger partial charge in [0.1, 0.15) is 0 Å². The van der Waals surface area contributed by atoms with Gasteiger partial charge in [-0.15, -0.1) is 0 Å². The second-order valence-electron chi connectivity index (χ2n) is 4.10. The van der Waals surface area contributed by atoms with Gasteiger partial charge in [0.2, 0.25) is 0 Å². The van der Waals surface area contributed by atoms with Crippen LogP contribution in [-0.2, 0) is 4.79 Å². The van der Waals surface area contributed by atoms with Crippen LogP contribution in [0.25, 0.3) is 0 Å². The lowest BCUT2D eigenvalue weighted by Gasteiger charge is -2.22. The van der Waals surface area contributed by atoms with Crippen molar-refractivity contribution < 1.29 is 9.90 Å². The Balaban J connectivity index is 2.45. The van der Waals surface area contributed by atoms with E-state index in [4.69, 9.17) is 5.11 Å². The molecule has 0 aliphatic carbocycles. The molecular weight excluding hydrogens is 168 g/mol. The Labute approximate surface area is 79.1 Å². The quantitative estimate of drug-likeness (QED) is 0.671. The molecule has 0 aromatic carbocycles. The molecule has 1 N–H and O–H groups in total. The van der Waals surface area contributed by atoms with Crippen LogP contribution in [0.4, 0.5) is 0 Å². The van der Waals surface area contributed by atoms with Crippen molar-refractivity contribution in [1.29, 1.82) is 0 Å². The summed E-state index contributed by atoms with van der Waals surface area (Å²) in [6.07, 6.45) is 0. The van der Waals surface area contributed by atoms with E-state index in [0.29, 0.717) is 12.0 Å². The van der Waals surface area contributed by atoms with E-state index in [1.54, 1.807) is 0 Å². The first-order chi connectivity index (χ1) is 6.00. The molecular formula is C9H18N2O2. The SMILES string of the molecule is CC1CN(CC(=O)O)CC1N(C)C. The van der Waals surface area contributed by atoms with Crippen molar-refractivity contribution in [2.24, 2.45) is 5.92 Å². The van der Waals surface area contributed by atoms with E-state index in [0.717, 1.165) is 13.1 Å². The molecule has 2 unspecified atom stereocenters. The minimum Gasteiger partial charge on any atom is -0.480 e. The molecule has 1 fully saturated rings. The summed E-state index contributed by atoms with van der Waals surface area (Å²) in [6, 6.07) is 0.499. The lowest BCUT2D eigenvalue weighted by molar-refractivity contribution is -0.138. The summed E-state index contributed by atoms with van der Waals surface area (Å²) in [4.78, 5) is 14.7. The number of hydrogen-bond acceptors (Lipinski definition) is 3. The summed E-state index contributed by atoms with van der Waals surface area (Å²) >= 11 is 0. The minimum absolute atomic E-state index is 0.175. The van der Waals surface area contributed by atoms with Gasteiger partial charge in [-0.2, -0.15) is 0 Å². The highest BCUT2D eigenvalue weighted by Crippen LogP contribution is 2.19. The largest absolute Gasteiger partial charge is 0.480 e. The zero-order chi connectivity index (χ0) is 10.0. The molecule has 2 atom stereocenters. The van der Waals surface area contributed by atoms with Gasteiger partial charge >= 0.3 is 5.97 Å². The Morgan fingerprint density at radius 1 is 1.54 bits per heavy atom. The zero-order valence-corrected chi connectivity index (χ0v) is 8.53. The van der Waals surface area contributed by atoms with Crippen LogP contribution in [0.2, 0.25) is 0 Å². The van der Waals surface area contributed by atoms with Crippen LogP contribution in [0.5, 0.6) is 0 Å². The van der Waals surface area contributed by atoms with Gasteiger partial charge in [0, 0.05) is 19.1 Å². The molecule has 4 heteroatoms. The van der Waals surface area contributed by atoms with Crippen LogP contribution < -0.4 is 0 Å². The van der Waals surface area contributed by atoms with Gasteiger partial charge in [-0.05, 0) is 20.0 Å². The standard InChI is InChI=1S/C9H18N2O2/c1-7-4-11(6-9(12)13)5-8(7)10(2)3/h7-8H,4-6H2,1-3H3,(H,12,13). The normalized spacial score (nSPS) is 29.8. The summed E-state index contributed by atoms with van der Waals surface area (Å²) in [7, 11) is 4.09. The molecule has 1 aliphatic rings. The van der Waals surface area contributed by atoms with Crippen molar-refractivity contribution in [3.05, 3.63) is 0 Å². The second kappa shape index (κ2) is 4.07. The summed E-state index contributed by atoms with van der Waals surface area (Å²) in [5.41, 5.74) is 0. The van der Waals surface area contributed by atoms with E-state index in [-0.39, 0.29) is 6.54 Å². The number of hydrogen-bond donors (Lipinski definition) is 1. The highest BCUT2D eigenvalue weighted by atomic mass is 16.4. The highest BCUT2D eigenvalue weighted by Gasteiger charge is 2.31. The van der Waals surface area contributed by atoms with Gasteiger partial charge in [0.15, 0.2) is 0 Å². The molecule has 1 rings (SSSR count). The van der Waals surface area contributed by atoms with Crippen LogP contribution >= 0.6 is 0 Å². The maximum atomic E-state index is 10.5. The number of nitrogens with zero attached hydrogens (tertiary/aromatic N) is 2. The van der Waals surface area contributed by atoms with Crippen LogP contribution in [0.1, 0.15) is 6.92 Å². The molecule has 13 heavy (non-hydrogen) atoms. The first-order valence-corrected chi connectivity index (χ1v) is 4.61. The minimum atomic E-state index is -0.730. The van der Waals surface area contributed by atoms with Gasteiger partial charge in [-0.1, -0.05) is 6.92 Å². The van der Waals surface area contributed by atoms with Gasteiger partial charge in [0.25, 0.3) is 0 Å². The van der Waals surface area contributed by atoms with E-state index < -0.39 is 5.97 Å². The molecule has 4 nitrogen and oxygen atoms in total. The third-order valence-corrected chi connectivity index (χ3v) is 2.67. The lowest BCUT2D eigenvalue weighted by Crippen LogP contribution is -2.35. The number of likely N-dealkylation sites (tertiary alicyclic amines) is 1. The average Bonchev–Trinajstić information content (AvgIpc) is 2.29.